The van der Waals surface area contributed by atoms with Gasteiger partial charge in [-0.15, -0.1) is 0 Å². The van der Waals surface area contributed by atoms with Gasteiger partial charge < -0.3 is 15.4 Å². The SMILES string of the molecule is CC(Cc1ccccc1)NC(=O)NCC=O. The first-order chi connectivity index (χ1) is 7.72. The Bertz CT molecular complexity index is 338. The van der Waals surface area contributed by atoms with E-state index in [0.29, 0.717) is 6.29 Å². The van der Waals surface area contributed by atoms with E-state index in [0.717, 1.165) is 6.42 Å². The van der Waals surface area contributed by atoms with Crippen LogP contribution < -0.4 is 10.6 Å². The van der Waals surface area contributed by atoms with E-state index in [2.05, 4.69) is 10.6 Å². The Kier molecular flexibility index (Phi) is 5.05. The van der Waals surface area contributed by atoms with Gasteiger partial charge in [0.15, 0.2) is 0 Å². The highest BCUT2D eigenvalue weighted by atomic mass is 16.2. The minimum atomic E-state index is -0.310. The average Bonchev–Trinajstić information content (AvgIpc) is 2.27. The zero-order valence-corrected chi connectivity index (χ0v) is 9.27. The van der Waals surface area contributed by atoms with Gasteiger partial charge in [0.1, 0.15) is 6.29 Å². The van der Waals surface area contributed by atoms with Gasteiger partial charge in [-0.2, -0.15) is 0 Å². The van der Waals surface area contributed by atoms with E-state index >= 15 is 0 Å². The van der Waals surface area contributed by atoms with Crippen LogP contribution in [0.4, 0.5) is 4.79 Å². The first-order valence-corrected chi connectivity index (χ1v) is 5.24. The number of nitrogens with one attached hydrogen (secondary N) is 2. The van der Waals surface area contributed by atoms with E-state index in [1.54, 1.807) is 0 Å². The summed E-state index contributed by atoms with van der Waals surface area (Å²) in [5, 5.41) is 5.19. The summed E-state index contributed by atoms with van der Waals surface area (Å²) in [7, 11) is 0. The zero-order chi connectivity index (χ0) is 11.8. The van der Waals surface area contributed by atoms with Crippen LogP contribution in [0.5, 0.6) is 0 Å². The van der Waals surface area contributed by atoms with Crippen LogP contribution in [0.1, 0.15) is 12.5 Å². The van der Waals surface area contributed by atoms with E-state index in [-0.39, 0.29) is 18.6 Å². The third-order valence-corrected chi connectivity index (χ3v) is 2.11. The molecule has 0 aliphatic rings. The van der Waals surface area contributed by atoms with E-state index in [1.165, 1.54) is 5.56 Å². The van der Waals surface area contributed by atoms with Crippen molar-refractivity contribution in [2.75, 3.05) is 6.54 Å². The summed E-state index contributed by atoms with van der Waals surface area (Å²) in [4.78, 5) is 21.3. The maximum absolute atomic E-state index is 11.2. The number of amides is 2. The molecule has 2 amide bonds. The lowest BCUT2D eigenvalue weighted by molar-refractivity contribution is -0.107. The number of rotatable bonds is 5. The molecule has 0 radical (unpaired) electrons. The number of aldehydes is 1. The number of hydrogen-bond acceptors (Lipinski definition) is 2. The zero-order valence-electron chi connectivity index (χ0n) is 9.27. The molecule has 4 nitrogen and oxygen atoms in total. The molecule has 0 saturated heterocycles. The second kappa shape index (κ2) is 6.61. The third kappa shape index (κ3) is 4.59. The first kappa shape index (κ1) is 12.2. The average molecular weight is 220 g/mol. The summed E-state index contributed by atoms with van der Waals surface area (Å²) in [6.07, 6.45) is 1.43. The van der Waals surface area contributed by atoms with E-state index < -0.39 is 0 Å². The molecule has 0 aliphatic heterocycles. The summed E-state index contributed by atoms with van der Waals surface area (Å²) in [5.74, 6) is 0. The molecule has 0 aromatic heterocycles. The molecule has 4 heteroatoms. The van der Waals surface area contributed by atoms with Gasteiger partial charge in [-0.3, -0.25) is 0 Å². The van der Waals surface area contributed by atoms with Crippen LogP contribution in [0.15, 0.2) is 30.3 Å². The topological polar surface area (TPSA) is 58.2 Å². The molecule has 1 unspecified atom stereocenters. The molecule has 0 fully saturated rings. The van der Waals surface area contributed by atoms with Crippen molar-refractivity contribution in [1.29, 1.82) is 0 Å². The summed E-state index contributed by atoms with van der Waals surface area (Å²) < 4.78 is 0. The van der Waals surface area contributed by atoms with Gasteiger partial charge in [0, 0.05) is 6.04 Å². The Labute approximate surface area is 95.0 Å². The van der Waals surface area contributed by atoms with Gasteiger partial charge >= 0.3 is 6.03 Å². The molecule has 2 N–H and O–H groups in total. The molecule has 1 atom stereocenters. The highest BCUT2D eigenvalue weighted by Gasteiger charge is 2.06. The summed E-state index contributed by atoms with van der Waals surface area (Å²) >= 11 is 0. The van der Waals surface area contributed by atoms with Crippen LogP contribution in [0, 0.1) is 0 Å². The third-order valence-electron chi connectivity index (χ3n) is 2.11. The van der Waals surface area contributed by atoms with Crippen molar-refractivity contribution in [3.63, 3.8) is 0 Å². The molecule has 0 saturated carbocycles. The smallest absolute Gasteiger partial charge is 0.315 e. The minimum Gasteiger partial charge on any atom is -0.335 e. The largest absolute Gasteiger partial charge is 0.335 e. The predicted molar refractivity (Wildman–Crippen MR) is 62.2 cm³/mol. The molecule has 0 bridgehead atoms. The molecule has 0 spiro atoms. The van der Waals surface area contributed by atoms with Gasteiger partial charge in [-0.05, 0) is 18.9 Å². The Morgan fingerprint density at radius 1 is 1.38 bits per heavy atom. The number of carbonyl (C=O) groups excluding carboxylic acids is 2. The Hall–Kier alpha value is -1.84. The van der Waals surface area contributed by atoms with Crippen molar-refractivity contribution in [3.8, 4) is 0 Å². The quantitative estimate of drug-likeness (QED) is 0.730. The lowest BCUT2D eigenvalue weighted by Gasteiger charge is -2.13. The van der Waals surface area contributed by atoms with Crippen molar-refractivity contribution in [2.45, 2.75) is 19.4 Å². The van der Waals surface area contributed by atoms with E-state index in [1.807, 2.05) is 37.3 Å². The second-order valence-corrected chi connectivity index (χ2v) is 3.61. The first-order valence-electron chi connectivity index (χ1n) is 5.24. The summed E-state index contributed by atoms with van der Waals surface area (Å²) in [5.41, 5.74) is 1.17. The maximum atomic E-state index is 11.2. The molecule has 0 heterocycles. The van der Waals surface area contributed by atoms with Crippen molar-refractivity contribution in [2.24, 2.45) is 0 Å². The molecule has 1 rings (SSSR count). The van der Waals surface area contributed by atoms with Gasteiger partial charge in [0.2, 0.25) is 0 Å². The highest BCUT2D eigenvalue weighted by molar-refractivity contribution is 5.76. The van der Waals surface area contributed by atoms with Gasteiger partial charge in [0.05, 0.1) is 6.54 Å². The predicted octanol–water partition coefficient (Wildman–Crippen LogP) is 1.12. The normalized spacial score (nSPS) is 11.6. The van der Waals surface area contributed by atoms with Crippen LogP contribution in [0.25, 0.3) is 0 Å². The second-order valence-electron chi connectivity index (χ2n) is 3.61. The maximum Gasteiger partial charge on any atom is 0.315 e. The molecule has 86 valence electrons. The molecule has 1 aromatic carbocycles. The highest BCUT2D eigenvalue weighted by Crippen LogP contribution is 2.02. The Balaban J connectivity index is 2.33. The summed E-state index contributed by atoms with van der Waals surface area (Å²) in [6, 6.07) is 9.65. The molecule has 0 aliphatic carbocycles. The van der Waals surface area contributed by atoms with E-state index in [9.17, 15) is 9.59 Å². The number of carbonyl (C=O) groups is 2. The van der Waals surface area contributed by atoms with Crippen LogP contribution in [0.2, 0.25) is 0 Å². The lowest BCUT2D eigenvalue weighted by Crippen LogP contribution is -2.42. The van der Waals surface area contributed by atoms with Crippen molar-refractivity contribution < 1.29 is 9.59 Å². The van der Waals surface area contributed by atoms with Gasteiger partial charge in [-0.1, -0.05) is 30.3 Å². The molecular formula is C12H16N2O2. The van der Waals surface area contributed by atoms with Gasteiger partial charge in [-0.25, -0.2) is 4.79 Å². The minimum absolute atomic E-state index is 0.0362. The van der Waals surface area contributed by atoms with Crippen molar-refractivity contribution in [3.05, 3.63) is 35.9 Å². The number of benzene rings is 1. The summed E-state index contributed by atoms with van der Waals surface area (Å²) in [6.45, 7) is 1.97. The van der Waals surface area contributed by atoms with E-state index in [4.69, 9.17) is 0 Å². The van der Waals surface area contributed by atoms with Gasteiger partial charge in [0.25, 0.3) is 0 Å². The molecule has 16 heavy (non-hydrogen) atoms. The number of hydrogen-bond donors (Lipinski definition) is 2. The fourth-order valence-corrected chi connectivity index (χ4v) is 1.43. The lowest BCUT2D eigenvalue weighted by atomic mass is 10.1. The van der Waals surface area contributed by atoms with Crippen molar-refractivity contribution >= 4 is 12.3 Å². The molecular weight excluding hydrogens is 204 g/mol. The Morgan fingerprint density at radius 3 is 2.69 bits per heavy atom. The van der Waals surface area contributed by atoms with Crippen LogP contribution in [0.3, 0.4) is 0 Å². The fraction of sp³-hybridized carbons (Fsp3) is 0.333. The molecule has 1 aromatic rings. The van der Waals surface area contributed by atoms with Crippen LogP contribution >= 0.6 is 0 Å². The number of urea groups is 1. The van der Waals surface area contributed by atoms with Crippen LogP contribution in [-0.4, -0.2) is 24.9 Å². The monoisotopic (exact) mass is 220 g/mol. The van der Waals surface area contributed by atoms with Crippen molar-refractivity contribution in [1.82, 2.24) is 10.6 Å². The van der Waals surface area contributed by atoms with Crippen LogP contribution in [-0.2, 0) is 11.2 Å². The fourth-order valence-electron chi connectivity index (χ4n) is 1.43. The standard InChI is InChI=1S/C12H16N2O2/c1-10(14-12(16)13-7-8-15)9-11-5-3-2-4-6-11/h2-6,8,10H,7,9H2,1H3,(H2,13,14,16). The Morgan fingerprint density at radius 2 is 2.06 bits per heavy atom.